The number of nitrogens with one attached hydrogen (secondary N) is 1. The largest absolute Gasteiger partial charge is 0.491 e. The van der Waals surface area contributed by atoms with E-state index in [9.17, 15) is 84.5 Å². The summed E-state index contributed by atoms with van der Waals surface area (Å²) >= 11 is 0. The number of ether oxygens (including phenoxy) is 1. The van der Waals surface area contributed by atoms with Crippen LogP contribution >= 0.6 is 0 Å². The molecule has 6 nitrogen and oxygen atoms in total. The van der Waals surface area contributed by atoms with Crippen molar-refractivity contribution < 1.29 is 98.9 Å². The number of aliphatic hydroxyl groups excluding tert-OH is 1. The van der Waals surface area contributed by atoms with Gasteiger partial charge in [-0.05, 0) is 47.7 Å². The monoisotopic (exact) mass is 841 g/mol. The minimum absolute atomic E-state index is 0.153. The van der Waals surface area contributed by atoms with Gasteiger partial charge in [0, 0.05) is 12.5 Å². The molecule has 1 aromatic carbocycles. The molecule has 24 heteroatoms. The van der Waals surface area contributed by atoms with E-state index in [-0.39, 0.29) is 25.2 Å². The molecule has 0 aliphatic rings. The molecule has 0 bridgehead atoms. The van der Waals surface area contributed by atoms with Gasteiger partial charge < -0.3 is 14.3 Å². The van der Waals surface area contributed by atoms with Gasteiger partial charge in [-0.1, -0.05) is 45.9 Å². The van der Waals surface area contributed by atoms with E-state index in [0.717, 1.165) is 6.08 Å². The molecule has 0 saturated heterocycles. The predicted octanol–water partition coefficient (Wildman–Crippen LogP) is 10.1. The fraction of sp³-hybridized carbons (Fsp3) is 0.700. The molecule has 0 fully saturated rings. The number of allylic oxidation sites excluding steroid dienone is 1. The molecule has 0 saturated carbocycles. The fourth-order valence-corrected chi connectivity index (χ4v) is 9.65. The van der Waals surface area contributed by atoms with Crippen molar-refractivity contribution in [3.8, 4) is 5.75 Å². The number of hydroxylamine groups is 1. The van der Waals surface area contributed by atoms with Crippen molar-refractivity contribution in [3.63, 3.8) is 0 Å². The number of hydrogen-bond acceptors (Lipinski definition) is 5. The first kappa shape index (κ1) is 49.2. The molecular formula is C30H36F17NO5Si. The number of carbonyl (C=O) groups excluding carboxylic acids is 1. The number of benzene rings is 1. The minimum Gasteiger partial charge on any atom is -0.491 e. The zero-order valence-electron chi connectivity index (χ0n) is 28.5. The van der Waals surface area contributed by atoms with Gasteiger partial charge in [0.2, 0.25) is 0 Å². The number of carbonyl (C=O) groups is 1. The van der Waals surface area contributed by atoms with Crippen molar-refractivity contribution in [2.75, 3.05) is 13.2 Å². The number of alkyl halides is 17. The van der Waals surface area contributed by atoms with E-state index in [4.69, 9.17) is 14.4 Å². The topological polar surface area (TPSA) is 88.0 Å². The lowest BCUT2D eigenvalue weighted by Crippen LogP contribution is -2.74. The standard InChI is InChI=1S/C30H36F17NO5Si/c1-17(2)54(18(3)4,53-15-14-52-20-11-9-19(10-12-20)21(49)7-5-6-8-22(50)48-51)16-13-23(31,32)24(33,34)25(35,36)26(37,38)27(39,40)28(41,42)29(43,44)30(45,46)47/h6,8-12,17-18,21,49,51H,5,7,13-16H2,1-4H3,(H,48,50)/b8-6+/t21-/m0/s1. The van der Waals surface area contributed by atoms with Crippen molar-refractivity contribution in [3.05, 3.63) is 42.0 Å². The van der Waals surface area contributed by atoms with Gasteiger partial charge in [0.15, 0.2) is 8.32 Å². The smallest absolute Gasteiger partial charge is 0.460 e. The summed E-state index contributed by atoms with van der Waals surface area (Å²) in [6.45, 7) is 4.39. The van der Waals surface area contributed by atoms with Crippen LogP contribution in [-0.2, 0) is 9.22 Å². The number of amides is 1. The second kappa shape index (κ2) is 17.1. The Kier molecular flexibility index (Phi) is 15.6. The van der Waals surface area contributed by atoms with E-state index in [1.54, 1.807) is 0 Å². The molecular weight excluding hydrogens is 805 g/mol. The number of halogens is 17. The van der Waals surface area contributed by atoms with Gasteiger partial charge in [-0.15, -0.1) is 0 Å². The van der Waals surface area contributed by atoms with Gasteiger partial charge in [-0.2, -0.15) is 74.6 Å². The molecule has 0 aliphatic carbocycles. The van der Waals surface area contributed by atoms with E-state index < -0.39 is 98.1 Å². The van der Waals surface area contributed by atoms with E-state index in [1.165, 1.54) is 63.5 Å². The second-order valence-electron chi connectivity index (χ2n) is 12.7. The lowest BCUT2D eigenvalue weighted by Gasteiger charge is -2.44. The maximum Gasteiger partial charge on any atom is 0.460 e. The predicted molar refractivity (Wildman–Crippen MR) is 157 cm³/mol. The van der Waals surface area contributed by atoms with Gasteiger partial charge >= 0.3 is 47.6 Å². The van der Waals surface area contributed by atoms with Crippen molar-refractivity contribution in [2.24, 2.45) is 0 Å². The highest BCUT2D eigenvalue weighted by Gasteiger charge is 2.95. The normalized spacial score (nSPS) is 15.4. The van der Waals surface area contributed by atoms with Crippen LogP contribution in [0, 0.1) is 0 Å². The molecule has 1 atom stereocenters. The maximum atomic E-state index is 14.8. The van der Waals surface area contributed by atoms with Crippen LogP contribution in [0.1, 0.15) is 58.6 Å². The van der Waals surface area contributed by atoms with Crippen molar-refractivity contribution >= 4 is 14.2 Å². The zero-order chi connectivity index (χ0) is 42.6. The zero-order valence-corrected chi connectivity index (χ0v) is 29.5. The molecule has 54 heavy (non-hydrogen) atoms. The lowest BCUT2D eigenvalue weighted by atomic mass is 9.88. The van der Waals surface area contributed by atoms with Gasteiger partial charge in [-0.25, -0.2) is 5.48 Å². The highest BCUT2D eigenvalue weighted by Crippen LogP contribution is 2.64. The molecule has 1 aromatic rings. The summed E-state index contributed by atoms with van der Waals surface area (Å²) in [6, 6.07) is 4.33. The third-order valence-corrected chi connectivity index (χ3v) is 14.2. The summed E-state index contributed by atoms with van der Waals surface area (Å²) < 4.78 is 245. The Labute approximate surface area is 297 Å². The van der Waals surface area contributed by atoms with Crippen LogP contribution in [0.4, 0.5) is 74.6 Å². The third kappa shape index (κ3) is 9.39. The van der Waals surface area contributed by atoms with Crippen LogP contribution in [0.3, 0.4) is 0 Å². The van der Waals surface area contributed by atoms with Crippen LogP contribution in [0.5, 0.6) is 5.75 Å². The summed E-state index contributed by atoms with van der Waals surface area (Å²) in [5.41, 5.74) is 0.0679. The molecule has 1 amide bonds. The third-order valence-electron chi connectivity index (χ3n) is 8.55. The Balaban J connectivity index is 3.18. The Morgan fingerprint density at radius 1 is 0.722 bits per heavy atom. The fourth-order valence-electron chi connectivity index (χ4n) is 5.18. The van der Waals surface area contributed by atoms with Gasteiger partial charge in [-0.3, -0.25) is 10.0 Å². The Bertz CT molecular complexity index is 1400. The molecule has 0 spiro atoms. The van der Waals surface area contributed by atoms with E-state index in [0.29, 0.717) is 5.56 Å². The minimum atomic E-state index is -8.68. The summed E-state index contributed by atoms with van der Waals surface area (Å²) in [5.74, 6) is -57.3. The first-order valence-corrected chi connectivity index (χ1v) is 17.8. The summed E-state index contributed by atoms with van der Waals surface area (Å²) in [6.07, 6.45) is -8.56. The number of aliphatic hydroxyl groups is 1. The van der Waals surface area contributed by atoms with Crippen LogP contribution in [0.15, 0.2) is 36.4 Å². The van der Waals surface area contributed by atoms with Crippen molar-refractivity contribution in [1.29, 1.82) is 0 Å². The molecule has 3 N–H and O–H groups in total. The quantitative estimate of drug-likeness (QED) is 0.0287. The molecule has 1 rings (SSSR count). The Hall–Kier alpha value is -2.86. The van der Waals surface area contributed by atoms with Crippen molar-refractivity contribution in [2.45, 2.75) is 118 Å². The van der Waals surface area contributed by atoms with Crippen molar-refractivity contribution in [1.82, 2.24) is 5.48 Å². The molecule has 314 valence electrons. The van der Waals surface area contributed by atoms with Crippen LogP contribution in [0.25, 0.3) is 0 Å². The molecule has 0 heterocycles. The first-order chi connectivity index (χ1) is 24.2. The molecule has 0 aromatic heterocycles. The van der Waals surface area contributed by atoms with Gasteiger partial charge in [0.05, 0.1) is 12.7 Å². The average Bonchev–Trinajstić information content (AvgIpc) is 3.04. The summed E-state index contributed by atoms with van der Waals surface area (Å²) in [5, 5.41) is 18.7. The van der Waals surface area contributed by atoms with Gasteiger partial charge in [0.25, 0.3) is 5.91 Å². The SMILES string of the molecule is CC(C)[Si](CCC(F)(F)C(F)(F)C(F)(F)C(F)(F)C(F)(F)C(F)(F)C(F)(F)C(F)(F)F)(OCCOc1ccc([C@@H](O)CC/C=C/C(=O)NO)cc1)C(C)C. The van der Waals surface area contributed by atoms with E-state index in [1.807, 2.05) is 0 Å². The van der Waals surface area contributed by atoms with Gasteiger partial charge in [0.1, 0.15) is 12.4 Å². The lowest BCUT2D eigenvalue weighted by molar-refractivity contribution is -0.461. The molecule has 0 aliphatic heterocycles. The number of hydrogen-bond donors (Lipinski definition) is 3. The Morgan fingerprint density at radius 2 is 1.17 bits per heavy atom. The van der Waals surface area contributed by atoms with E-state index in [2.05, 4.69) is 0 Å². The first-order valence-electron chi connectivity index (χ1n) is 15.5. The molecule has 0 radical (unpaired) electrons. The summed E-state index contributed by atoms with van der Waals surface area (Å²) in [4.78, 5) is 10.9. The van der Waals surface area contributed by atoms with Crippen LogP contribution in [0.2, 0.25) is 17.1 Å². The maximum absolute atomic E-state index is 14.8. The Morgan fingerprint density at radius 3 is 1.59 bits per heavy atom. The van der Waals surface area contributed by atoms with Crippen LogP contribution < -0.4 is 10.2 Å². The second-order valence-corrected chi connectivity index (χ2v) is 17.7. The highest BCUT2D eigenvalue weighted by molar-refractivity contribution is 6.76. The summed E-state index contributed by atoms with van der Waals surface area (Å²) in [7, 11) is -3.94. The van der Waals surface area contributed by atoms with Crippen LogP contribution in [-0.4, -0.2) is 85.4 Å². The van der Waals surface area contributed by atoms with E-state index >= 15 is 0 Å². The average molecular weight is 842 g/mol. The molecule has 0 unspecified atom stereocenters. The number of rotatable bonds is 21. The highest BCUT2D eigenvalue weighted by atomic mass is 28.4.